The molecule has 0 unspecified atom stereocenters. The Balaban J connectivity index is 1.84. The first-order valence-corrected chi connectivity index (χ1v) is 8.85. The molecule has 112 valence electrons. The number of rotatable bonds is 5. The minimum atomic E-state index is 0.898. The summed E-state index contributed by atoms with van der Waals surface area (Å²) in [6.07, 6.45) is 14.4. The van der Waals surface area contributed by atoms with Gasteiger partial charge in [0.05, 0.1) is 0 Å². The molecule has 1 saturated heterocycles. The molecule has 1 aliphatic carbocycles. The van der Waals surface area contributed by atoms with E-state index in [-0.39, 0.29) is 0 Å². The fraction of sp³-hybridized carbons (Fsp3) is 1.00. The number of hydrogen-bond acceptors (Lipinski definition) is 2. The van der Waals surface area contributed by atoms with Gasteiger partial charge in [-0.15, -0.1) is 0 Å². The van der Waals surface area contributed by atoms with Crippen molar-refractivity contribution in [1.29, 1.82) is 0 Å². The van der Waals surface area contributed by atoms with Crippen LogP contribution >= 0.6 is 0 Å². The summed E-state index contributed by atoms with van der Waals surface area (Å²) in [5, 5.41) is 3.50. The maximum Gasteiger partial charge on any atom is 0.00953 e. The Kier molecular flexibility index (Phi) is 7.23. The van der Waals surface area contributed by atoms with E-state index in [4.69, 9.17) is 0 Å². The van der Waals surface area contributed by atoms with Crippen LogP contribution < -0.4 is 5.32 Å². The highest BCUT2D eigenvalue weighted by Crippen LogP contribution is 2.24. The highest BCUT2D eigenvalue weighted by molar-refractivity contribution is 4.78. The maximum absolute atomic E-state index is 3.50. The molecule has 0 aromatic rings. The van der Waals surface area contributed by atoms with Crippen LogP contribution in [0.25, 0.3) is 0 Å². The van der Waals surface area contributed by atoms with Gasteiger partial charge in [-0.2, -0.15) is 0 Å². The highest BCUT2D eigenvalue weighted by atomic mass is 15.2. The second-order valence-corrected chi connectivity index (χ2v) is 6.69. The summed E-state index contributed by atoms with van der Waals surface area (Å²) < 4.78 is 0. The molecule has 1 aliphatic heterocycles. The van der Waals surface area contributed by atoms with E-state index in [1.807, 2.05) is 0 Å². The van der Waals surface area contributed by atoms with Crippen molar-refractivity contribution in [1.82, 2.24) is 10.2 Å². The smallest absolute Gasteiger partial charge is 0.00953 e. The zero-order valence-electron chi connectivity index (χ0n) is 13.0. The van der Waals surface area contributed by atoms with Crippen LogP contribution in [0.15, 0.2) is 0 Å². The molecule has 1 saturated carbocycles. The normalized spacial score (nSPS) is 24.3. The van der Waals surface area contributed by atoms with Gasteiger partial charge >= 0.3 is 0 Å². The molecule has 2 heteroatoms. The number of nitrogens with zero attached hydrogens (tertiary/aromatic N) is 1. The van der Waals surface area contributed by atoms with Gasteiger partial charge in [0.25, 0.3) is 0 Å². The van der Waals surface area contributed by atoms with Gasteiger partial charge in [-0.25, -0.2) is 0 Å². The Hall–Kier alpha value is -0.0800. The molecular formula is C17H34N2. The monoisotopic (exact) mass is 266 g/mol. The lowest BCUT2D eigenvalue weighted by Gasteiger charge is -2.36. The van der Waals surface area contributed by atoms with Gasteiger partial charge in [0.1, 0.15) is 0 Å². The largest absolute Gasteiger partial charge is 0.317 e. The molecule has 1 heterocycles. The van der Waals surface area contributed by atoms with Crippen LogP contribution in [0.3, 0.4) is 0 Å². The standard InChI is InChI=1S/C17H34N2/c1-2-14-19(15-16-10-12-18-13-11-16)17-8-6-4-3-5-7-9-17/h16-18H,2-15H2,1H3. The van der Waals surface area contributed by atoms with E-state index in [1.165, 1.54) is 90.4 Å². The van der Waals surface area contributed by atoms with Crippen LogP contribution in [-0.2, 0) is 0 Å². The fourth-order valence-corrected chi connectivity index (χ4v) is 3.91. The maximum atomic E-state index is 3.50. The first-order chi connectivity index (χ1) is 9.40. The summed E-state index contributed by atoms with van der Waals surface area (Å²) in [4.78, 5) is 2.86. The molecular weight excluding hydrogens is 232 g/mol. The quantitative estimate of drug-likeness (QED) is 0.814. The van der Waals surface area contributed by atoms with Crippen molar-refractivity contribution in [2.45, 2.75) is 77.2 Å². The fourth-order valence-electron chi connectivity index (χ4n) is 3.91. The molecule has 2 fully saturated rings. The van der Waals surface area contributed by atoms with Crippen molar-refractivity contribution >= 4 is 0 Å². The summed E-state index contributed by atoms with van der Waals surface area (Å²) in [6.45, 7) is 7.54. The molecule has 19 heavy (non-hydrogen) atoms. The average molecular weight is 266 g/mol. The molecule has 2 rings (SSSR count). The molecule has 2 aliphatic rings. The summed E-state index contributed by atoms with van der Waals surface area (Å²) in [5.41, 5.74) is 0. The van der Waals surface area contributed by atoms with E-state index in [9.17, 15) is 0 Å². The predicted molar refractivity (Wildman–Crippen MR) is 83.6 cm³/mol. The Morgan fingerprint density at radius 1 is 0.895 bits per heavy atom. The third-order valence-corrected chi connectivity index (χ3v) is 5.05. The van der Waals surface area contributed by atoms with Gasteiger partial charge in [0, 0.05) is 12.6 Å². The van der Waals surface area contributed by atoms with E-state index in [2.05, 4.69) is 17.1 Å². The zero-order chi connectivity index (χ0) is 13.3. The zero-order valence-corrected chi connectivity index (χ0v) is 13.0. The van der Waals surface area contributed by atoms with Crippen LogP contribution in [-0.4, -0.2) is 37.1 Å². The van der Waals surface area contributed by atoms with E-state index in [0.717, 1.165) is 12.0 Å². The van der Waals surface area contributed by atoms with Gasteiger partial charge in [-0.3, -0.25) is 0 Å². The lowest BCUT2D eigenvalue weighted by molar-refractivity contribution is 0.130. The van der Waals surface area contributed by atoms with Crippen molar-refractivity contribution in [3.05, 3.63) is 0 Å². The predicted octanol–water partition coefficient (Wildman–Crippen LogP) is 3.81. The lowest BCUT2D eigenvalue weighted by atomic mass is 9.92. The van der Waals surface area contributed by atoms with Crippen LogP contribution in [0.5, 0.6) is 0 Å². The summed E-state index contributed by atoms with van der Waals surface area (Å²) in [6, 6.07) is 0.898. The van der Waals surface area contributed by atoms with Gasteiger partial charge in [0.15, 0.2) is 0 Å². The van der Waals surface area contributed by atoms with Crippen LogP contribution in [0, 0.1) is 5.92 Å². The Bertz CT molecular complexity index is 215. The topological polar surface area (TPSA) is 15.3 Å². The molecule has 0 aromatic carbocycles. The molecule has 0 bridgehead atoms. The second kappa shape index (κ2) is 8.97. The van der Waals surface area contributed by atoms with Crippen LogP contribution in [0.2, 0.25) is 0 Å². The summed E-state index contributed by atoms with van der Waals surface area (Å²) in [7, 11) is 0. The molecule has 0 aromatic heterocycles. The minimum absolute atomic E-state index is 0.898. The lowest BCUT2D eigenvalue weighted by Crippen LogP contribution is -2.42. The van der Waals surface area contributed by atoms with Crippen molar-refractivity contribution in [2.24, 2.45) is 5.92 Å². The first kappa shape index (κ1) is 15.3. The third-order valence-electron chi connectivity index (χ3n) is 5.05. The molecule has 0 atom stereocenters. The van der Waals surface area contributed by atoms with Gasteiger partial charge < -0.3 is 10.2 Å². The third kappa shape index (κ3) is 5.43. The number of piperidine rings is 1. The highest BCUT2D eigenvalue weighted by Gasteiger charge is 2.23. The Morgan fingerprint density at radius 2 is 1.53 bits per heavy atom. The van der Waals surface area contributed by atoms with Crippen molar-refractivity contribution in [2.75, 3.05) is 26.2 Å². The van der Waals surface area contributed by atoms with Crippen molar-refractivity contribution in [3.63, 3.8) is 0 Å². The van der Waals surface area contributed by atoms with E-state index in [1.54, 1.807) is 0 Å². The molecule has 0 amide bonds. The van der Waals surface area contributed by atoms with Crippen LogP contribution in [0.4, 0.5) is 0 Å². The molecule has 0 spiro atoms. The van der Waals surface area contributed by atoms with Gasteiger partial charge in [-0.05, 0) is 57.7 Å². The minimum Gasteiger partial charge on any atom is -0.317 e. The molecule has 1 N–H and O–H groups in total. The van der Waals surface area contributed by atoms with Crippen molar-refractivity contribution < 1.29 is 0 Å². The van der Waals surface area contributed by atoms with E-state index in [0.29, 0.717) is 0 Å². The summed E-state index contributed by atoms with van der Waals surface area (Å²) in [5.74, 6) is 0.957. The first-order valence-electron chi connectivity index (χ1n) is 8.85. The average Bonchev–Trinajstić information content (AvgIpc) is 2.39. The van der Waals surface area contributed by atoms with E-state index >= 15 is 0 Å². The SMILES string of the molecule is CCCN(CC1CCNCC1)C1CCCCCCC1. The second-order valence-electron chi connectivity index (χ2n) is 6.69. The Labute approximate surface area is 120 Å². The Morgan fingerprint density at radius 3 is 2.16 bits per heavy atom. The molecule has 0 radical (unpaired) electrons. The molecule has 2 nitrogen and oxygen atoms in total. The van der Waals surface area contributed by atoms with Crippen molar-refractivity contribution in [3.8, 4) is 0 Å². The summed E-state index contributed by atoms with van der Waals surface area (Å²) >= 11 is 0. The number of hydrogen-bond donors (Lipinski definition) is 1. The van der Waals surface area contributed by atoms with Crippen LogP contribution in [0.1, 0.15) is 71.1 Å². The van der Waals surface area contributed by atoms with Gasteiger partial charge in [-0.1, -0.05) is 39.0 Å². The number of nitrogens with one attached hydrogen (secondary N) is 1. The van der Waals surface area contributed by atoms with E-state index < -0.39 is 0 Å². The van der Waals surface area contributed by atoms with Gasteiger partial charge in [0.2, 0.25) is 0 Å².